The first-order valence-electron chi connectivity index (χ1n) is 7.39. The average molecular weight is 309 g/mol. The Labute approximate surface area is 129 Å². The van der Waals surface area contributed by atoms with E-state index < -0.39 is 0 Å². The van der Waals surface area contributed by atoms with Crippen molar-refractivity contribution < 1.29 is 9.59 Å². The Morgan fingerprint density at radius 3 is 2.52 bits per heavy atom. The molecule has 1 aromatic rings. The molecule has 116 valence electrons. The largest absolute Gasteiger partial charge is 0.397 e. The van der Waals surface area contributed by atoms with Gasteiger partial charge in [0.05, 0.1) is 16.1 Å². The lowest BCUT2D eigenvalue weighted by atomic mass is 9.85. The standard InChI is InChI=1S/C15H23N3O2S/c1-4-18(8-10-6-5-7-10)15-11(14(20)17-3)12(16)13(21-15)9(2)19/h10H,4-8,16H2,1-3H3,(H,17,20). The number of carbonyl (C=O) groups is 2. The van der Waals surface area contributed by atoms with Crippen molar-refractivity contribution >= 4 is 33.7 Å². The van der Waals surface area contributed by atoms with E-state index in [4.69, 9.17) is 5.73 Å². The van der Waals surface area contributed by atoms with Crippen LogP contribution in [0.5, 0.6) is 0 Å². The van der Waals surface area contributed by atoms with Gasteiger partial charge in [0.1, 0.15) is 5.00 Å². The Hall–Kier alpha value is -1.56. The third kappa shape index (κ3) is 3.05. The van der Waals surface area contributed by atoms with Crippen molar-refractivity contribution in [2.45, 2.75) is 33.1 Å². The number of nitrogen functional groups attached to an aromatic ring is 1. The van der Waals surface area contributed by atoms with Gasteiger partial charge < -0.3 is 16.0 Å². The fourth-order valence-corrected chi connectivity index (χ4v) is 3.79. The van der Waals surface area contributed by atoms with Crippen molar-refractivity contribution in [3.63, 3.8) is 0 Å². The molecule has 1 fully saturated rings. The molecule has 0 saturated heterocycles. The molecule has 0 spiro atoms. The number of Topliss-reactive ketones (excluding diaryl/α,β-unsaturated/α-hetero) is 1. The van der Waals surface area contributed by atoms with Gasteiger partial charge in [0, 0.05) is 27.1 Å². The van der Waals surface area contributed by atoms with Crippen LogP contribution in [0.4, 0.5) is 10.7 Å². The first kappa shape index (κ1) is 15.8. The lowest BCUT2D eigenvalue weighted by Crippen LogP contribution is -2.33. The summed E-state index contributed by atoms with van der Waals surface area (Å²) in [5.41, 5.74) is 6.82. The summed E-state index contributed by atoms with van der Waals surface area (Å²) >= 11 is 1.34. The first-order chi connectivity index (χ1) is 9.99. The third-order valence-corrected chi connectivity index (χ3v) is 5.44. The summed E-state index contributed by atoms with van der Waals surface area (Å²) in [6.07, 6.45) is 3.77. The van der Waals surface area contributed by atoms with Crippen LogP contribution in [-0.2, 0) is 0 Å². The van der Waals surface area contributed by atoms with Gasteiger partial charge in [0.2, 0.25) is 0 Å². The Bertz CT molecular complexity index is 549. The molecule has 0 atom stereocenters. The molecule has 1 aliphatic rings. The molecule has 1 aromatic heterocycles. The molecular weight excluding hydrogens is 286 g/mol. The summed E-state index contributed by atoms with van der Waals surface area (Å²) in [4.78, 5) is 26.5. The maximum absolute atomic E-state index is 12.2. The number of nitrogens with zero attached hydrogens (tertiary/aromatic N) is 1. The summed E-state index contributed by atoms with van der Waals surface area (Å²) in [6, 6.07) is 0. The number of thiophene rings is 1. The minimum Gasteiger partial charge on any atom is -0.397 e. The highest BCUT2D eigenvalue weighted by molar-refractivity contribution is 7.19. The maximum Gasteiger partial charge on any atom is 0.256 e. The van der Waals surface area contributed by atoms with Crippen molar-refractivity contribution in [2.75, 3.05) is 30.8 Å². The predicted molar refractivity (Wildman–Crippen MR) is 87.4 cm³/mol. The van der Waals surface area contributed by atoms with Crippen molar-refractivity contribution in [3.05, 3.63) is 10.4 Å². The normalized spacial score (nSPS) is 14.6. The van der Waals surface area contributed by atoms with Gasteiger partial charge in [-0.15, -0.1) is 11.3 Å². The molecule has 1 amide bonds. The van der Waals surface area contributed by atoms with Crippen LogP contribution in [-0.4, -0.2) is 31.8 Å². The number of hydrogen-bond acceptors (Lipinski definition) is 5. The number of hydrogen-bond donors (Lipinski definition) is 2. The molecule has 1 saturated carbocycles. The molecule has 0 radical (unpaired) electrons. The number of amides is 1. The second-order valence-electron chi connectivity index (χ2n) is 5.50. The van der Waals surface area contributed by atoms with Gasteiger partial charge >= 0.3 is 0 Å². The fraction of sp³-hybridized carbons (Fsp3) is 0.600. The van der Waals surface area contributed by atoms with E-state index in [9.17, 15) is 9.59 Å². The highest BCUT2D eigenvalue weighted by Gasteiger charge is 2.28. The molecule has 6 heteroatoms. The number of ketones is 1. The highest BCUT2D eigenvalue weighted by atomic mass is 32.1. The molecule has 2 rings (SSSR count). The molecule has 0 unspecified atom stereocenters. The van der Waals surface area contributed by atoms with Crippen LogP contribution in [0, 0.1) is 5.92 Å². The number of anilines is 2. The van der Waals surface area contributed by atoms with E-state index in [1.165, 1.54) is 37.5 Å². The average Bonchev–Trinajstić information content (AvgIpc) is 2.75. The van der Waals surface area contributed by atoms with Crippen molar-refractivity contribution in [1.82, 2.24) is 5.32 Å². The second-order valence-corrected chi connectivity index (χ2v) is 6.49. The molecule has 5 nitrogen and oxygen atoms in total. The van der Waals surface area contributed by atoms with Gasteiger partial charge in [-0.05, 0) is 25.7 Å². The minimum atomic E-state index is -0.224. The van der Waals surface area contributed by atoms with E-state index >= 15 is 0 Å². The summed E-state index contributed by atoms with van der Waals surface area (Å²) in [5, 5.41) is 3.45. The lowest BCUT2D eigenvalue weighted by Gasteiger charge is -2.32. The molecule has 21 heavy (non-hydrogen) atoms. The molecule has 3 N–H and O–H groups in total. The van der Waals surface area contributed by atoms with E-state index in [-0.39, 0.29) is 11.7 Å². The van der Waals surface area contributed by atoms with Gasteiger partial charge in [-0.3, -0.25) is 9.59 Å². The van der Waals surface area contributed by atoms with Crippen molar-refractivity contribution in [1.29, 1.82) is 0 Å². The van der Waals surface area contributed by atoms with E-state index in [2.05, 4.69) is 17.1 Å². The van der Waals surface area contributed by atoms with E-state index in [1.807, 2.05) is 0 Å². The topological polar surface area (TPSA) is 75.4 Å². The van der Waals surface area contributed by atoms with Gasteiger partial charge in [-0.25, -0.2) is 0 Å². The number of carbonyl (C=O) groups excluding carboxylic acids is 2. The predicted octanol–water partition coefficient (Wildman–Crippen LogP) is 2.52. The van der Waals surface area contributed by atoms with Gasteiger partial charge in [-0.1, -0.05) is 6.42 Å². The van der Waals surface area contributed by atoms with E-state index in [1.54, 1.807) is 7.05 Å². The first-order valence-corrected chi connectivity index (χ1v) is 8.21. The summed E-state index contributed by atoms with van der Waals surface area (Å²) in [6.45, 7) is 5.28. The molecule has 0 aliphatic heterocycles. The van der Waals surface area contributed by atoms with Crippen molar-refractivity contribution in [3.8, 4) is 0 Å². The molecule has 1 heterocycles. The third-order valence-electron chi connectivity index (χ3n) is 4.07. The van der Waals surface area contributed by atoms with Gasteiger partial charge in [0.15, 0.2) is 5.78 Å². The number of nitrogens with one attached hydrogen (secondary N) is 1. The monoisotopic (exact) mass is 309 g/mol. The summed E-state index contributed by atoms with van der Waals surface area (Å²) in [7, 11) is 1.58. The summed E-state index contributed by atoms with van der Waals surface area (Å²) in [5.74, 6) is 0.374. The molecule has 1 aliphatic carbocycles. The smallest absolute Gasteiger partial charge is 0.256 e. The van der Waals surface area contributed by atoms with Crippen LogP contribution in [0.25, 0.3) is 0 Å². The number of nitrogens with two attached hydrogens (primary N) is 1. The van der Waals surface area contributed by atoms with Gasteiger partial charge in [0.25, 0.3) is 5.91 Å². The zero-order chi connectivity index (χ0) is 15.6. The van der Waals surface area contributed by atoms with Crippen LogP contribution in [0.2, 0.25) is 0 Å². The fourth-order valence-electron chi connectivity index (χ4n) is 2.60. The SMILES string of the molecule is CCN(CC1CCC1)c1sc(C(C)=O)c(N)c1C(=O)NC. The lowest BCUT2D eigenvalue weighted by molar-refractivity contribution is 0.0964. The maximum atomic E-state index is 12.2. The quantitative estimate of drug-likeness (QED) is 0.792. The van der Waals surface area contributed by atoms with E-state index in [0.717, 1.165) is 18.1 Å². The van der Waals surface area contributed by atoms with Crippen LogP contribution >= 0.6 is 11.3 Å². The van der Waals surface area contributed by atoms with Crippen LogP contribution in [0.1, 0.15) is 53.1 Å². The second kappa shape index (κ2) is 6.47. The molecule has 0 aromatic carbocycles. The zero-order valence-electron chi connectivity index (χ0n) is 12.9. The molecule has 0 bridgehead atoms. The molecular formula is C15H23N3O2S. The Morgan fingerprint density at radius 1 is 1.43 bits per heavy atom. The Kier molecular flexibility index (Phi) is 4.88. The van der Waals surface area contributed by atoms with Crippen molar-refractivity contribution in [2.24, 2.45) is 5.92 Å². The van der Waals surface area contributed by atoms with Crippen LogP contribution < -0.4 is 16.0 Å². The minimum absolute atomic E-state index is 0.0893. The Balaban J connectivity index is 2.40. The summed E-state index contributed by atoms with van der Waals surface area (Å²) < 4.78 is 0. The number of rotatable bonds is 6. The Morgan fingerprint density at radius 2 is 2.10 bits per heavy atom. The van der Waals surface area contributed by atoms with E-state index in [0.29, 0.717) is 22.0 Å². The van der Waals surface area contributed by atoms with Crippen LogP contribution in [0.15, 0.2) is 0 Å². The zero-order valence-corrected chi connectivity index (χ0v) is 13.7. The van der Waals surface area contributed by atoms with Crippen LogP contribution in [0.3, 0.4) is 0 Å². The van der Waals surface area contributed by atoms with Gasteiger partial charge in [-0.2, -0.15) is 0 Å². The highest BCUT2D eigenvalue weighted by Crippen LogP contribution is 2.40.